The molecule has 0 aliphatic rings. The molecule has 0 unspecified atom stereocenters. The first-order chi connectivity index (χ1) is 15.0. The molecule has 31 heavy (non-hydrogen) atoms. The first kappa shape index (κ1) is 21.9. The van der Waals surface area contributed by atoms with Crippen molar-refractivity contribution >= 4 is 11.9 Å². The number of amides is 1. The van der Waals surface area contributed by atoms with Crippen LogP contribution in [0.5, 0.6) is 11.5 Å². The molecule has 0 saturated carbocycles. The quantitative estimate of drug-likeness (QED) is 0.490. The second-order valence-electron chi connectivity index (χ2n) is 7.05. The van der Waals surface area contributed by atoms with Crippen molar-refractivity contribution in [3.63, 3.8) is 0 Å². The molecule has 6 heteroatoms. The van der Waals surface area contributed by atoms with E-state index in [1.165, 1.54) is 4.90 Å². The normalized spacial score (nSPS) is 11.3. The van der Waals surface area contributed by atoms with Crippen LogP contribution in [0.2, 0.25) is 0 Å². The van der Waals surface area contributed by atoms with Gasteiger partial charge in [-0.3, -0.25) is 4.79 Å². The van der Waals surface area contributed by atoms with E-state index in [2.05, 4.69) is 0 Å². The third kappa shape index (κ3) is 6.60. The van der Waals surface area contributed by atoms with Gasteiger partial charge in [-0.2, -0.15) is 0 Å². The van der Waals surface area contributed by atoms with E-state index >= 15 is 0 Å². The van der Waals surface area contributed by atoms with E-state index < -0.39 is 12.1 Å². The second kappa shape index (κ2) is 10.8. The Labute approximate surface area is 182 Å². The van der Waals surface area contributed by atoms with Gasteiger partial charge in [-0.1, -0.05) is 60.7 Å². The topological polar surface area (TPSA) is 65.1 Å². The zero-order valence-corrected chi connectivity index (χ0v) is 17.6. The van der Waals surface area contributed by atoms with Gasteiger partial charge in [0.05, 0.1) is 0 Å². The highest BCUT2D eigenvalue weighted by Crippen LogP contribution is 2.21. The van der Waals surface area contributed by atoms with Gasteiger partial charge in [0.25, 0.3) is 5.91 Å². The minimum Gasteiger partial charge on any atom is -0.489 e. The molecule has 3 aromatic rings. The monoisotopic (exact) mass is 419 g/mol. The molecule has 1 amide bonds. The van der Waals surface area contributed by atoms with Crippen molar-refractivity contribution in [2.24, 2.45) is 0 Å². The van der Waals surface area contributed by atoms with Crippen LogP contribution >= 0.6 is 0 Å². The van der Waals surface area contributed by atoms with Crippen LogP contribution in [0.4, 0.5) is 0 Å². The number of nitrogens with zero attached hydrogens (tertiary/aromatic N) is 1. The summed E-state index contributed by atoms with van der Waals surface area (Å²) >= 11 is 0. The number of hydrogen-bond donors (Lipinski definition) is 0. The molecule has 0 heterocycles. The molecule has 0 aliphatic carbocycles. The summed E-state index contributed by atoms with van der Waals surface area (Å²) in [4.78, 5) is 26.1. The first-order valence-electron chi connectivity index (χ1n) is 9.88. The van der Waals surface area contributed by atoms with E-state index in [4.69, 9.17) is 14.2 Å². The highest BCUT2D eigenvalue weighted by molar-refractivity contribution is 5.85. The molecule has 0 radical (unpaired) electrons. The van der Waals surface area contributed by atoms with Crippen LogP contribution < -0.4 is 9.47 Å². The molecular weight excluding hydrogens is 394 g/mol. The second-order valence-corrected chi connectivity index (χ2v) is 7.05. The lowest BCUT2D eigenvalue weighted by molar-refractivity contribution is -0.161. The van der Waals surface area contributed by atoms with Crippen molar-refractivity contribution in [1.29, 1.82) is 0 Å². The molecule has 0 aromatic heterocycles. The Hall–Kier alpha value is -3.80. The summed E-state index contributed by atoms with van der Waals surface area (Å²) in [5.74, 6) is 0.242. The predicted octanol–water partition coefficient (Wildman–Crippen LogP) is 4.02. The number of rotatable bonds is 9. The molecule has 0 bridgehead atoms. The fourth-order valence-electron chi connectivity index (χ4n) is 2.80. The van der Waals surface area contributed by atoms with Crippen molar-refractivity contribution in [2.45, 2.75) is 12.7 Å². The van der Waals surface area contributed by atoms with Gasteiger partial charge >= 0.3 is 5.97 Å². The Morgan fingerprint density at radius 1 is 0.774 bits per heavy atom. The average Bonchev–Trinajstić information content (AvgIpc) is 2.81. The van der Waals surface area contributed by atoms with Crippen LogP contribution in [0.15, 0.2) is 84.9 Å². The van der Waals surface area contributed by atoms with Gasteiger partial charge in [0, 0.05) is 19.7 Å². The minimum atomic E-state index is -1.01. The number of likely N-dealkylation sites (N-methyl/N-ethyl adjacent to an activating group) is 1. The summed E-state index contributed by atoms with van der Waals surface area (Å²) in [5, 5.41) is 0. The average molecular weight is 419 g/mol. The van der Waals surface area contributed by atoms with Crippen molar-refractivity contribution < 1.29 is 23.8 Å². The summed E-state index contributed by atoms with van der Waals surface area (Å²) in [7, 11) is 3.23. The number of carbonyl (C=O) groups is 2. The molecule has 0 saturated heterocycles. The first-order valence-corrected chi connectivity index (χ1v) is 9.88. The maximum absolute atomic E-state index is 12.4. The molecule has 0 N–H and O–H groups in total. The lowest BCUT2D eigenvalue weighted by Crippen LogP contribution is -2.32. The molecule has 3 rings (SSSR count). The zero-order chi connectivity index (χ0) is 22.1. The van der Waals surface area contributed by atoms with Crippen molar-refractivity contribution in [3.8, 4) is 11.5 Å². The summed E-state index contributed by atoms with van der Waals surface area (Å²) in [6.07, 6.45) is -1.01. The third-order valence-corrected chi connectivity index (χ3v) is 4.45. The van der Waals surface area contributed by atoms with Crippen molar-refractivity contribution in [2.75, 3.05) is 20.7 Å². The van der Waals surface area contributed by atoms with E-state index in [0.717, 1.165) is 5.56 Å². The van der Waals surface area contributed by atoms with Crippen molar-refractivity contribution in [1.82, 2.24) is 4.90 Å². The molecule has 0 spiro atoms. The largest absolute Gasteiger partial charge is 0.489 e. The number of carbonyl (C=O) groups excluding carboxylic acids is 2. The van der Waals surface area contributed by atoms with Crippen LogP contribution in [0.25, 0.3) is 0 Å². The maximum Gasteiger partial charge on any atom is 0.345 e. The van der Waals surface area contributed by atoms with Crippen LogP contribution in [0.1, 0.15) is 17.2 Å². The Balaban J connectivity index is 1.52. The number of benzene rings is 3. The summed E-state index contributed by atoms with van der Waals surface area (Å²) < 4.78 is 16.7. The molecular formula is C25H25NO5. The lowest BCUT2D eigenvalue weighted by atomic mass is 10.1. The van der Waals surface area contributed by atoms with Crippen LogP contribution in [-0.2, 0) is 20.9 Å². The van der Waals surface area contributed by atoms with Gasteiger partial charge < -0.3 is 19.1 Å². The molecule has 6 nitrogen and oxygen atoms in total. The summed E-state index contributed by atoms with van der Waals surface area (Å²) in [6.45, 7) is 0.155. The number of esters is 1. The molecule has 3 aromatic carbocycles. The fraction of sp³-hybridized carbons (Fsp3) is 0.200. The Kier molecular flexibility index (Phi) is 7.65. The van der Waals surface area contributed by atoms with E-state index in [1.807, 2.05) is 36.4 Å². The predicted molar refractivity (Wildman–Crippen MR) is 117 cm³/mol. The van der Waals surface area contributed by atoms with E-state index in [1.54, 1.807) is 62.6 Å². The van der Waals surface area contributed by atoms with Crippen LogP contribution in [-0.4, -0.2) is 37.5 Å². The Morgan fingerprint density at radius 2 is 1.32 bits per heavy atom. The Bertz CT molecular complexity index is 972. The van der Waals surface area contributed by atoms with Gasteiger partial charge in [0.2, 0.25) is 6.10 Å². The summed E-state index contributed by atoms with van der Waals surface area (Å²) in [6, 6.07) is 25.7. The molecule has 0 aliphatic heterocycles. The molecule has 1 atom stereocenters. The zero-order valence-electron chi connectivity index (χ0n) is 17.6. The minimum absolute atomic E-state index is 0.311. The fourth-order valence-corrected chi connectivity index (χ4v) is 2.80. The summed E-state index contributed by atoms with van der Waals surface area (Å²) in [5.41, 5.74) is 1.68. The van der Waals surface area contributed by atoms with E-state index in [-0.39, 0.29) is 12.5 Å². The van der Waals surface area contributed by atoms with Crippen LogP contribution in [0.3, 0.4) is 0 Å². The standard InChI is InChI=1S/C25H25NO5/c1-26(2)25(28)24(20-11-7-4-8-12-20)31-23(27)18-30-22-15-13-21(14-16-22)29-17-19-9-5-3-6-10-19/h3-16,24H,17-18H2,1-2H3/t24-/m1/s1. The number of hydrogen-bond acceptors (Lipinski definition) is 5. The van der Waals surface area contributed by atoms with Crippen molar-refractivity contribution in [3.05, 3.63) is 96.1 Å². The highest BCUT2D eigenvalue weighted by Gasteiger charge is 2.26. The van der Waals surface area contributed by atoms with Gasteiger partial charge in [0.15, 0.2) is 6.61 Å². The SMILES string of the molecule is CN(C)C(=O)[C@H](OC(=O)COc1ccc(OCc2ccccc2)cc1)c1ccccc1. The lowest BCUT2D eigenvalue weighted by Gasteiger charge is -2.21. The van der Waals surface area contributed by atoms with Crippen LogP contribution in [0, 0.1) is 0 Å². The van der Waals surface area contributed by atoms with Gasteiger partial charge in [0.1, 0.15) is 18.1 Å². The van der Waals surface area contributed by atoms with Gasteiger partial charge in [-0.15, -0.1) is 0 Å². The van der Waals surface area contributed by atoms with E-state index in [0.29, 0.717) is 23.7 Å². The molecule has 160 valence electrons. The van der Waals surface area contributed by atoms with Gasteiger partial charge in [-0.25, -0.2) is 4.79 Å². The smallest absolute Gasteiger partial charge is 0.345 e. The highest BCUT2D eigenvalue weighted by atomic mass is 16.6. The number of ether oxygens (including phenoxy) is 3. The molecule has 0 fully saturated rings. The van der Waals surface area contributed by atoms with E-state index in [9.17, 15) is 9.59 Å². The third-order valence-electron chi connectivity index (χ3n) is 4.45. The maximum atomic E-state index is 12.4. The van der Waals surface area contributed by atoms with Gasteiger partial charge in [-0.05, 0) is 29.8 Å². The Morgan fingerprint density at radius 3 is 1.90 bits per heavy atom.